The number of rotatable bonds is 6. The smallest absolute Gasteiger partial charge is 0.243 e. The Morgan fingerprint density at radius 1 is 0.920 bits per heavy atom. The summed E-state index contributed by atoms with van der Waals surface area (Å²) in [7, 11) is -3.43. The van der Waals surface area contributed by atoms with Crippen LogP contribution in [0.5, 0.6) is 0 Å². The zero-order chi connectivity index (χ0) is 17.7. The Kier molecular flexibility index (Phi) is 6.09. The van der Waals surface area contributed by atoms with Crippen LogP contribution in [0.15, 0.2) is 53.4 Å². The van der Waals surface area contributed by atoms with Gasteiger partial charge in [-0.3, -0.25) is 0 Å². The van der Waals surface area contributed by atoms with Gasteiger partial charge in [0.2, 0.25) is 10.0 Å². The van der Waals surface area contributed by atoms with E-state index in [1.54, 1.807) is 12.1 Å². The van der Waals surface area contributed by atoms with Gasteiger partial charge in [0.25, 0.3) is 0 Å². The molecule has 0 amide bonds. The Bertz CT molecular complexity index is 786. The Morgan fingerprint density at radius 3 is 2.00 bits per heavy atom. The highest BCUT2D eigenvalue weighted by Crippen LogP contribution is 2.18. The maximum absolute atomic E-state index is 12.6. The topological polar surface area (TPSA) is 58.6 Å². The third kappa shape index (κ3) is 4.80. The number of ether oxygens (including phenoxy) is 1. The number of hydrogen-bond acceptors (Lipinski definition) is 4. The van der Waals surface area contributed by atoms with Crippen molar-refractivity contribution >= 4 is 21.6 Å². The summed E-state index contributed by atoms with van der Waals surface area (Å²) in [5.41, 5.74) is 2.19. The van der Waals surface area contributed by atoms with Crippen molar-refractivity contribution in [1.29, 1.82) is 0 Å². The second kappa shape index (κ2) is 8.29. The van der Waals surface area contributed by atoms with Gasteiger partial charge < -0.3 is 10.1 Å². The molecule has 3 rings (SSSR count). The fourth-order valence-electron chi connectivity index (χ4n) is 2.67. The van der Waals surface area contributed by atoms with Gasteiger partial charge in [-0.05, 0) is 35.4 Å². The molecule has 1 heterocycles. The molecule has 1 fully saturated rings. The molecule has 0 spiro atoms. The van der Waals surface area contributed by atoms with E-state index in [1.807, 2.05) is 36.4 Å². The van der Waals surface area contributed by atoms with Gasteiger partial charge in [0.05, 0.1) is 18.1 Å². The minimum atomic E-state index is -3.43. The number of nitrogens with one attached hydrogen (secondary N) is 1. The molecule has 1 N–H and O–H groups in total. The first-order valence-corrected chi connectivity index (χ1v) is 9.99. The van der Waals surface area contributed by atoms with Crippen molar-refractivity contribution in [1.82, 2.24) is 9.62 Å². The maximum atomic E-state index is 12.6. The third-order valence-corrected chi connectivity index (χ3v) is 6.27. The molecule has 7 heteroatoms. The summed E-state index contributed by atoms with van der Waals surface area (Å²) in [6, 6.07) is 14.7. The van der Waals surface area contributed by atoms with E-state index in [9.17, 15) is 8.42 Å². The van der Waals surface area contributed by atoms with E-state index in [2.05, 4.69) is 5.32 Å². The standard InChI is InChI=1S/C18H21ClN2O3S/c19-17-5-1-15(2-6-17)13-20-14-16-3-7-18(8-4-16)25(22,23)21-9-11-24-12-10-21/h1-8,20H,9-14H2. The summed E-state index contributed by atoms with van der Waals surface area (Å²) in [5, 5.41) is 4.06. The summed E-state index contributed by atoms with van der Waals surface area (Å²) >= 11 is 5.87. The van der Waals surface area contributed by atoms with Crippen LogP contribution < -0.4 is 5.32 Å². The summed E-state index contributed by atoms with van der Waals surface area (Å²) < 4.78 is 31.8. The van der Waals surface area contributed by atoms with E-state index in [0.717, 1.165) is 22.7 Å². The van der Waals surface area contributed by atoms with Crippen molar-refractivity contribution < 1.29 is 13.2 Å². The van der Waals surface area contributed by atoms with E-state index < -0.39 is 10.0 Å². The second-order valence-corrected chi connectivity index (χ2v) is 8.26. The molecule has 0 atom stereocenters. The molecule has 1 aliphatic rings. The predicted molar refractivity (Wildman–Crippen MR) is 98.0 cm³/mol. The van der Waals surface area contributed by atoms with Gasteiger partial charge in [0, 0.05) is 31.2 Å². The highest BCUT2D eigenvalue weighted by Gasteiger charge is 2.25. The monoisotopic (exact) mass is 380 g/mol. The molecule has 0 aromatic heterocycles. The lowest BCUT2D eigenvalue weighted by atomic mass is 10.2. The minimum absolute atomic E-state index is 0.329. The van der Waals surface area contributed by atoms with E-state index in [1.165, 1.54) is 4.31 Å². The molecule has 0 aliphatic carbocycles. The Labute approximate surface area is 153 Å². The number of halogens is 1. The van der Waals surface area contributed by atoms with Crippen molar-refractivity contribution in [2.45, 2.75) is 18.0 Å². The SMILES string of the molecule is O=S(=O)(c1ccc(CNCc2ccc(Cl)cc2)cc1)N1CCOCC1. The van der Waals surface area contributed by atoms with Crippen molar-refractivity contribution in [2.24, 2.45) is 0 Å². The van der Waals surface area contributed by atoms with Gasteiger partial charge >= 0.3 is 0 Å². The van der Waals surface area contributed by atoms with Gasteiger partial charge in [0.1, 0.15) is 0 Å². The molecule has 0 unspecified atom stereocenters. The number of morpholine rings is 1. The summed E-state index contributed by atoms with van der Waals surface area (Å²) in [6.45, 7) is 3.11. The van der Waals surface area contributed by atoms with Crippen molar-refractivity contribution in [3.63, 3.8) is 0 Å². The van der Waals surface area contributed by atoms with Gasteiger partial charge in [-0.25, -0.2) is 8.42 Å². The number of benzene rings is 2. The Balaban J connectivity index is 1.57. The highest BCUT2D eigenvalue weighted by atomic mass is 35.5. The number of hydrogen-bond donors (Lipinski definition) is 1. The molecule has 0 bridgehead atoms. The van der Waals surface area contributed by atoms with E-state index in [4.69, 9.17) is 16.3 Å². The maximum Gasteiger partial charge on any atom is 0.243 e. The van der Waals surface area contributed by atoms with Gasteiger partial charge in [0.15, 0.2) is 0 Å². The van der Waals surface area contributed by atoms with Gasteiger partial charge in [-0.2, -0.15) is 4.31 Å². The summed E-state index contributed by atoms with van der Waals surface area (Å²) in [5.74, 6) is 0. The number of sulfonamides is 1. The molecule has 0 radical (unpaired) electrons. The first-order valence-electron chi connectivity index (χ1n) is 8.18. The second-order valence-electron chi connectivity index (χ2n) is 5.89. The van der Waals surface area contributed by atoms with Gasteiger partial charge in [-0.15, -0.1) is 0 Å². The van der Waals surface area contributed by atoms with Crippen LogP contribution in [0.1, 0.15) is 11.1 Å². The quantitative estimate of drug-likeness (QED) is 0.837. The van der Waals surface area contributed by atoms with Crippen LogP contribution in [-0.2, 0) is 27.8 Å². The van der Waals surface area contributed by atoms with Crippen molar-refractivity contribution in [3.05, 3.63) is 64.7 Å². The zero-order valence-corrected chi connectivity index (χ0v) is 15.4. The lowest BCUT2D eigenvalue weighted by Gasteiger charge is -2.26. The van der Waals surface area contributed by atoms with Crippen molar-refractivity contribution in [2.75, 3.05) is 26.3 Å². The van der Waals surface area contributed by atoms with Crippen LogP contribution >= 0.6 is 11.6 Å². The highest BCUT2D eigenvalue weighted by molar-refractivity contribution is 7.89. The Morgan fingerprint density at radius 2 is 1.44 bits per heavy atom. The zero-order valence-electron chi connectivity index (χ0n) is 13.8. The van der Waals surface area contributed by atoms with Crippen LogP contribution in [0.3, 0.4) is 0 Å². The molecular formula is C18H21ClN2O3S. The van der Waals surface area contributed by atoms with E-state index in [-0.39, 0.29) is 0 Å². The van der Waals surface area contributed by atoms with Gasteiger partial charge in [-0.1, -0.05) is 35.9 Å². The van der Waals surface area contributed by atoms with Crippen LogP contribution in [0.2, 0.25) is 5.02 Å². The minimum Gasteiger partial charge on any atom is -0.379 e. The molecule has 25 heavy (non-hydrogen) atoms. The fraction of sp³-hybridized carbons (Fsp3) is 0.333. The molecule has 134 valence electrons. The van der Waals surface area contributed by atoms with Crippen LogP contribution in [-0.4, -0.2) is 39.0 Å². The predicted octanol–water partition coefficient (Wildman–Crippen LogP) is 2.65. The molecule has 1 saturated heterocycles. The van der Waals surface area contributed by atoms with E-state index in [0.29, 0.717) is 37.7 Å². The summed E-state index contributed by atoms with van der Waals surface area (Å²) in [6.07, 6.45) is 0. The normalized spacial score (nSPS) is 16.0. The third-order valence-electron chi connectivity index (χ3n) is 4.10. The van der Waals surface area contributed by atoms with Crippen molar-refractivity contribution in [3.8, 4) is 0 Å². The first kappa shape index (κ1) is 18.4. The lowest BCUT2D eigenvalue weighted by molar-refractivity contribution is 0.0730. The van der Waals surface area contributed by atoms with E-state index >= 15 is 0 Å². The molecule has 5 nitrogen and oxygen atoms in total. The van der Waals surface area contributed by atoms with Crippen LogP contribution in [0.25, 0.3) is 0 Å². The summed E-state index contributed by atoms with van der Waals surface area (Å²) in [4.78, 5) is 0.329. The fourth-order valence-corrected chi connectivity index (χ4v) is 4.20. The van der Waals surface area contributed by atoms with Crippen LogP contribution in [0, 0.1) is 0 Å². The Hall–Kier alpha value is -1.44. The lowest BCUT2D eigenvalue weighted by Crippen LogP contribution is -2.40. The molecule has 2 aromatic rings. The molecular weight excluding hydrogens is 360 g/mol. The number of nitrogens with zero attached hydrogens (tertiary/aromatic N) is 1. The molecule has 1 aliphatic heterocycles. The average molecular weight is 381 g/mol. The first-order chi connectivity index (χ1) is 12.1. The molecule has 2 aromatic carbocycles. The van der Waals surface area contributed by atoms with Crippen LogP contribution in [0.4, 0.5) is 0 Å². The molecule has 0 saturated carbocycles. The largest absolute Gasteiger partial charge is 0.379 e. The average Bonchev–Trinajstić information content (AvgIpc) is 2.64.